The maximum absolute atomic E-state index is 13.2. The van der Waals surface area contributed by atoms with Crippen molar-refractivity contribution in [3.05, 3.63) is 55.9 Å². The van der Waals surface area contributed by atoms with Gasteiger partial charge in [-0.1, -0.05) is 24.6 Å². The first-order valence-electron chi connectivity index (χ1n) is 9.35. The van der Waals surface area contributed by atoms with Crippen LogP contribution in [0.3, 0.4) is 0 Å². The fourth-order valence-electron chi connectivity index (χ4n) is 3.52. The first-order valence-corrected chi connectivity index (χ1v) is 10.2. The van der Waals surface area contributed by atoms with Crippen LogP contribution in [-0.4, -0.2) is 21.4 Å². The smallest absolute Gasteiger partial charge is 0.266 e. The standard InChI is InChI=1S/C21H24N4O3S/c1-6-15(18(22)26)25-13(5)23-20-16(21(25)28)12(4)17(29-20)19(27)24-14-8-7-10(2)9-11(14)3/h7-9,15H,6H2,1-5H3,(H2,22,26)(H,24,27). The van der Waals surface area contributed by atoms with Gasteiger partial charge in [0.25, 0.3) is 11.5 Å². The molecule has 0 radical (unpaired) electrons. The first kappa shape index (κ1) is 20.7. The molecule has 0 spiro atoms. The van der Waals surface area contributed by atoms with Gasteiger partial charge < -0.3 is 11.1 Å². The lowest BCUT2D eigenvalue weighted by molar-refractivity contribution is -0.121. The summed E-state index contributed by atoms with van der Waals surface area (Å²) in [5, 5.41) is 3.27. The summed E-state index contributed by atoms with van der Waals surface area (Å²) < 4.78 is 1.33. The average Bonchev–Trinajstić information content (AvgIpc) is 2.97. The van der Waals surface area contributed by atoms with E-state index < -0.39 is 11.9 Å². The number of amides is 2. The van der Waals surface area contributed by atoms with Crippen molar-refractivity contribution in [1.29, 1.82) is 0 Å². The molecule has 0 fully saturated rings. The zero-order valence-corrected chi connectivity index (χ0v) is 17.9. The van der Waals surface area contributed by atoms with Crippen molar-refractivity contribution >= 4 is 39.1 Å². The van der Waals surface area contributed by atoms with Crippen LogP contribution in [0.25, 0.3) is 10.2 Å². The summed E-state index contributed by atoms with van der Waals surface area (Å²) in [4.78, 5) is 43.2. The topological polar surface area (TPSA) is 107 Å². The van der Waals surface area contributed by atoms with Crippen LogP contribution >= 0.6 is 11.3 Å². The van der Waals surface area contributed by atoms with Crippen molar-refractivity contribution in [3.8, 4) is 0 Å². The molecular formula is C21H24N4O3S. The molecule has 0 saturated carbocycles. The Morgan fingerprint density at radius 3 is 2.52 bits per heavy atom. The molecule has 2 heterocycles. The summed E-state index contributed by atoms with van der Waals surface area (Å²) in [7, 11) is 0. The van der Waals surface area contributed by atoms with Crippen LogP contribution in [0, 0.1) is 27.7 Å². The molecule has 152 valence electrons. The number of thiophene rings is 1. The van der Waals surface area contributed by atoms with E-state index in [-0.39, 0.29) is 11.5 Å². The van der Waals surface area contributed by atoms with Crippen LogP contribution in [-0.2, 0) is 4.79 Å². The molecule has 3 N–H and O–H groups in total. The molecule has 0 saturated heterocycles. The highest BCUT2D eigenvalue weighted by molar-refractivity contribution is 7.20. The van der Waals surface area contributed by atoms with Crippen molar-refractivity contribution in [2.75, 3.05) is 5.32 Å². The van der Waals surface area contributed by atoms with E-state index in [4.69, 9.17) is 5.73 Å². The number of anilines is 1. The number of fused-ring (bicyclic) bond motifs is 1. The number of carbonyl (C=O) groups excluding carboxylic acids is 2. The van der Waals surface area contributed by atoms with Crippen LogP contribution in [0.15, 0.2) is 23.0 Å². The minimum Gasteiger partial charge on any atom is -0.368 e. The maximum Gasteiger partial charge on any atom is 0.266 e. The van der Waals surface area contributed by atoms with E-state index in [1.165, 1.54) is 15.9 Å². The van der Waals surface area contributed by atoms with E-state index in [2.05, 4.69) is 10.3 Å². The van der Waals surface area contributed by atoms with Gasteiger partial charge in [-0.15, -0.1) is 11.3 Å². The number of carbonyl (C=O) groups is 2. The van der Waals surface area contributed by atoms with E-state index in [1.807, 2.05) is 32.0 Å². The largest absolute Gasteiger partial charge is 0.368 e. The molecule has 1 atom stereocenters. The third-order valence-corrected chi connectivity index (χ3v) is 6.22. The number of nitrogens with zero attached hydrogens (tertiary/aromatic N) is 2. The Kier molecular flexibility index (Phi) is 5.57. The lowest BCUT2D eigenvalue weighted by Crippen LogP contribution is -2.35. The number of rotatable bonds is 5. The number of aryl methyl sites for hydroxylation is 4. The molecule has 7 nitrogen and oxygen atoms in total. The number of hydrogen-bond donors (Lipinski definition) is 2. The Hall–Kier alpha value is -3.00. The third-order valence-electron chi connectivity index (χ3n) is 5.04. The van der Waals surface area contributed by atoms with Crippen LogP contribution in [0.1, 0.15) is 51.6 Å². The number of aromatic nitrogens is 2. The number of primary amides is 1. The van der Waals surface area contributed by atoms with Crippen molar-refractivity contribution in [2.45, 2.75) is 47.1 Å². The normalized spacial score (nSPS) is 12.2. The molecule has 29 heavy (non-hydrogen) atoms. The van der Waals surface area contributed by atoms with E-state index in [1.54, 1.807) is 20.8 Å². The molecular weight excluding hydrogens is 388 g/mol. The van der Waals surface area contributed by atoms with Gasteiger partial charge in [-0.2, -0.15) is 0 Å². The predicted octanol–water partition coefficient (Wildman–Crippen LogP) is 3.38. The van der Waals surface area contributed by atoms with Crippen LogP contribution in [0.2, 0.25) is 0 Å². The summed E-state index contributed by atoms with van der Waals surface area (Å²) in [5.41, 5.74) is 8.47. The van der Waals surface area contributed by atoms with E-state index in [0.29, 0.717) is 32.9 Å². The van der Waals surface area contributed by atoms with Crippen molar-refractivity contribution in [1.82, 2.24) is 9.55 Å². The number of hydrogen-bond acceptors (Lipinski definition) is 5. The average molecular weight is 413 g/mol. The molecule has 0 aliphatic carbocycles. The number of nitrogens with one attached hydrogen (secondary N) is 1. The molecule has 0 bridgehead atoms. The zero-order chi connectivity index (χ0) is 21.5. The lowest BCUT2D eigenvalue weighted by Gasteiger charge is -2.17. The zero-order valence-electron chi connectivity index (χ0n) is 17.1. The van der Waals surface area contributed by atoms with Gasteiger partial charge in [-0.25, -0.2) is 4.98 Å². The van der Waals surface area contributed by atoms with Gasteiger partial charge in [-0.3, -0.25) is 19.0 Å². The monoisotopic (exact) mass is 412 g/mol. The Balaban J connectivity index is 2.10. The minimum absolute atomic E-state index is 0.289. The summed E-state index contributed by atoms with van der Waals surface area (Å²) in [5.74, 6) is -0.474. The lowest BCUT2D eigenvalue weighted by atomic mass is 10.1. The van der Waals surface area contributed by atoms with Gasteiger partial charge in [0, 0.05) is 5.69 Å². The van der Waals surface area contributed by atoms with Gasteiger partial charge in [0.2, 0.25) is 5.91 Å². The Bertz CT molecular complexity index is 1190. The van der Waals surface area contributed by atoms with E-state index in [9.17, 15) is 14.4 Å². The highest BCUT2D eigenvalue weighted by atomic mass is 32.1. The third kappa shape index (κ3) is 3.67. The van der Waals surface area contributed by atoms with Crippen molar-refractivity contribution < 1.29 is 9.59 Å². The SMILES string of the molecule is CCC(C(N)=O)n1c(C)nc2sc(C(=O)Nc3ccc(C)cc3C)c(C)c2c1=O. The Morgan fingerprint density at radius 1 is 1.24 bits per heavy atom. The van der Waals surface area contributed by atoms with Gasteiger partial charge in [0.1, 0.15) is 16.7 Å². The summed E-state index contributed by atoms with van der Waals surface area (Å²) in [6.45, 7) is 9.09. The molecule has 3 aromatic rings. The second kappa shape index (κ2) is 7.79. The molecule has 3 rings (SSSR count). The van der Waals surface area contributed by atoms with Gasteiger partial charge >= 0.3 is 0 Å². The maximum atomic E-state index is 13.2. The van der Waals surface area contributed by atoms with Crippen LogP contribution < -0.4 is 16.6 Å². The Labute approximate surface area is 172 Å². The van der Waals surface area contributed by atoms with Crippen molar-refractivity contribution in [3.63, 3.8) is 0 Å². The molecule has 0 aliphatic heterocycles. The van der Waals surface area contributed by atoms with E-state index >= 15 is 0 Å². The first-order chi connectivity index (χ1) is 13.6. The Morgan fingerprint density at radius 2 is 1.93 bits per heavy atom. The van der Waals surface area contributed by atoms with Crippen molar-refractivity contribution in [2.24, 2.45) is 5.73 Å². The fourth-order valence-corrected chi connectivity index (χ4v) is 4.64. The van der Waals surface area contributed by atoms with E-state index in [0.717, 1.165) is 16.8 Å². The summed E-state index contributed by atoms with van der Waals surface area (Å²) in [6.07, 6.45) is 0.381. The second-order valence-electron chi connectivity index (χ2n) is 7.17. The molecule has 2 amide bonds. The highest BCUT2D eigenvalue weighted by Gasteiger charge is 2.25. The summed E-state index contributed by atoms with van der Waals surface area (Å²) in [6, 6.07) is 5.01. The molecule has 2 aromatic heterocycles. The van der Waals surface area contributed by atoms with Crippen LogP contribution in [0.4, 0.5) is 5.69 Å². The second-order valence-corrected chi connectivity index (χ2v) is 8.17. The number of nitrogens with two attached hydrogens (primary N) is 1. The predicted molar refractivity (Wildman–Crippen MR) is 116 cm³/mol. The summed E-state index contributed by atoms with van der Waals surface area (Å²) >= 11 is 1.17. The molecule has 1 unspecified atom stereocenters. The van der Waals surface area contributed by atoms with Gasteiger partial charge in [-0.05, 0) is 51.3 Å². The fraction of sp³-hybridized carbons (Fsp3) is 0.333. The molecule has 0 aliphatic rings. The van der Waals surface area contributed by atoms with Crippen LogP contribution in [0.5, 0.6) is 0 Å². The van der Waals surface area contributed by atoms with Gasteiger partial charge in [0.05, 0.1) is 10.3 Å². The minimum atomic E-state index is -0.772. The number of benzene rings is 1. The molecule has 8 heteroatoms. The quantitative estimate of drug-likeness (QED) is 0.670. The molecule has 1 aromatic carbocycles. The highest BCUT2D eigenvalue weighted by Crippen LogP contribution is 2.29. The van der Waals surface area contributed by atoms with Gasteiger partial charge in [0.15, 0.2) is 0 Å².